The molecule has 0 spiro atoms. The number of rotatable bonds is 9. The quantitative estimate of drug-likeness (QED) is 0.566. The number of amides is 3. The van der Waals surface area contributed by atoms with Crippen LogP contribution < -0.4 is 15.4 Å². The highest BCUT2D eigenvalue weighted by Gasteiger charge is 2.24. The van der Waals surface area contributed by atoms with Gasteiger partial charge in [0.05, 0.1) is 0 Å². The number of hydrogen-bond donors (Lipinski definition) is 2. The maximum Gasteiger partial charge on any atom is 0.407 e. The molecule has 8 nitrogen and oxygen atoms in total. The van der Waals surface area contributed by atoms with Crippen LogP contribution in [0.1, 0.15) is 72.3 Å². The van der Waals surface area contributed by atoms with Crippen molar-refractivity contribution in [1.29, 1.82) is 0 Å². The van der Waals surface area contributed by atoms with E-state index in [4.69, 9.17) is 9.47 Å². The van der Waals surface area contributed by atoms with Crippen LogP contribution in [0.25, 0.3) is 0 Å². The number of nitrogens with zero attached hydrogens (tertiary/aromatic N) is 1. The predicted octanol–water partition coefficient (Wildman–Crippen LogP) is 3.85. The van der Waals surface area contributed by atoms with Crippen molar-refractivity contribution in [2.75, 3.05) is 26.2 Å². The molecule has 34 heavy (non-hydrogen) atoms. The lowest BCUT2D eigenvalue weighted by atomic mass is 9.96. The molecule has 2 N–H and O–H groups in total. The molecule has 1 atom stereocenters. The van der Waals surface area contributed by atoms with Gasteiger partial charge in [0.1, 0.15) is 11.4 Å². The smallest absolute Gasteiger partial charge is 0.407 e. The van der Waals surface area contributed by atoms with E-state index in [0.717, 1.165) is 24.2 Å². The predicted molar refractivity (Wildman–Crippen MR) is 132 cm³/mol. The summed E-state index contributed by atoms with van der Waals surface area (Å²) in [7, 11) is 0. The topological polar surface area (TPSA) is 97.0 Å². The van der Waals surface area contributed by atoms with Crippen molar-refractivity contribution in [3.63, 3.8) is 0 Å². The SMILES string of the molecule is CC(Oc1ccccc1C(C)C)C(=O)NCC1CCN(C(=O)CCNC(=O)OC(C)(C)C)CC1. The van der Waals surface area contributed by atoms with Crippen molar-refractivity contribution in [2.45, 2.75) is 78.4 Å². The molecule has 1 heterocycles. The third-order valence-corrected chi connectivity index (χ3v) is 5.75. The molecule has 1 aromatic carbocycles. The minimum Gasteiger partial charge on any atom is -0.481 e. The van der Waals surface area contributed by atoms with Crippen LogP contribution in [0.3, 0.4) is 0 Å². The normalized spacial score (nSPS) is 15.6. The molecule has 1 aliphatic rings. The molecule has 3 amide bonds. The second-order valence-electron chi connectivity index (χ2n) is 10.2. The van der Waals surface area contributed by atoms with Gasteiger partial charge in [-0.1, -0.05) is 32.0 Å². The molecule has 1 aliphatic heterocycles. The summed E-state index contributed by atoms with van der Waals surface area (Å²) in [5, 5.41) is 5.62. The van der Waals surface area contributed by atoms with Crippen LogP contribution >= 0.6 is 0 Å². The highest BCUT2D eigenvalue weighted by atomic mass is 16.6. The molecule has 0 bridgehead atoms. The standard InChI is InChI=1S/C26H41N3O5/c1-18(2)21-9-7-8-10-22(21)33-19(3)24(31)28-17-20-12-15-29(16-13-20)23(30)11-14-27-25(32)34-26(4,5)6/h7-10,18-20H,11-17H2,1-6H3,(H,27,32)(H,28,31). The molecule has 1 saturated heterocycles. The number of hydrogen-bond acceptors (Lipinski definition) is 5. The number of benzene rings is 1. The van der Waals surface area contributed by atoms with E-state index in [1.54, 1.807) is 27.7 Å². The summed E-state index contributed by atoms with van der Waals surface area (Å²) < 4.78 is 11.1. The van der Waals surface area contributed by atoms with Crippen LogP contribution in [-0.2, 0) is 14.3 Å². The lowest BCUT2D eigenvalue weighted by Crippen LogP contribution is -2.44. The molecule has 8 heteroatoms. The van der Waals surface area contributed by atoms with Crippen molar-refractivity contribution in [2.24, 2.45) is 5.92 Å². The first-order chi connectivity index (χ1) is 16.0. The van der Waals surface area contributed by atoms with Gasteiger partial charge in [-0.05, 0) is 64.0 Å². The molecule has 2 rings (SSSR count). The summed E-state index contributed by atoms with van der Waals surface area (Å²) in [5.41, 5.74) is 0.522. The second-order valence-corrected chi connectivity index (χ2v) is 10.2. The van der Waals surface area contributed by atoms with Gasteiger partial charge in [-0.3, -0.25) is 9.59 Å². The third kappa shape index (κ3) is 9.23. The van der Waals surface area contributed by atoms with Gasteiger partial charge in [0.25, 0.3) is 5.91 Å². The minimum absolute atomic E-state index is 0.0179. The average Bonchev–Trinajstić information content (AvgIpc) is 2.76. The fraction of sp³-hybridized carbons (Fsp3) is 0.654. The van der Waals surface area contributed by atoms with E-state index in [9.17, 15) is 14.4 Å². The van der Waals surface area contributed by atoms with Gasteiger partial charge in [0, 0.05) is 32.6 Å². The van der Waals surface area contributed by atoms with E-state index in [1.807, 2.05) is 29.2 Å². The summed E-state index contributed by atoms with van der Waals surface area (Å²) in [4.78, 5) is 38.5. The van der Waals surface area contributed by atoms with Crippen molar-refractivity contribution in [3.05, 3.63) is 29.8 Å². The molecule has 1 fully saturated rings. The van der Waals surface area contributed by atoms with Gasteiger partial charge in [0.2, 0.25) is 5.91 Å². The number of ether oxygens (including phenoxy) is 2. The lowest BCUT2D eigenvalue weighted by Gasteiger charge is -2.32. The Morgan fingerprint density at radius 2 is 1.71 bits per heavy atom. The first-order valence-corrected chi connectivity index (χ1v) is 12.2. The molecule has 0 saturated carbocycles. The summed E-state index contributed by atoms with van der Waals surface area (Å²) in [5.74, 6) is 1.26. The van der Waals surface area contributed by atoms with E-state index in [0.29, 0.717) is 31.5 Å². The van der Waals surface area contributed by atoms with E-state index >= 15 is 0 Å². The van der Waals surface area contributed by atoms with Crippen LogP contribution in [0.5, 0.6) is 5.75 Å². The maximum atomic E-state index is 12.6. The van der Waals surface area contributed by atoms with Crippen LogP contribution in [-0.4, -0.2) is 60.7 Å². The largest absolute Gasteiger partial charge is 0.481 e. The van der Waals surface area contributed by atoms with Crippen molar-refractivity contribution < 1.29 is 23.9 Å². The van der Waals surface area contributed by atoms with Crippen LogP contribution in [0.4, 0.5) is 4.79 Å². The van der Waals surface area contributed by atoms with E-state index < -0.39 is 17.8 Å². The first-order valence-electron chi connectivity index (χ1n) is 12.2. The molecule has 0 aromatic heterocycles. The second kappa shape index (κ2) is 12.6. The van der Waals surface area contributed by atoms with Crippen molar-refractivity contribution in [3.8, 4) is 5.75 Å². The number of carbonyl (C=O) groups excluding carboxylic acids is 3. The lowest BCUT2D eigenvalue weighted by molar-refractivity contribution is -0.133. The van der Waals surface area contributed by atoms with Crippen molar-refractivity contribution >= 4 is 17.9 Å². The molecule has 1 aromatic rings. The Labute approximate surface area is 203 Å². The Morgan fingerprint density at radius 3 is 2.32 bits per heavy atom. The van der Waals surface area contributed by atoms with Gasteiger partial charge >= 0.3 is 6.09 Å². The molecule has 1 unspecified atom stereocenters. The van der Waals surface area contributed by atoms with Gasteiger partial charge in [-0.2, -0.15) is 0 Å². The number of nitrogens with one attached hydrogen (secondary N) is 2. The highest BCUT2D eigenvalue weighted by Crippen LogP contribution is 2.26. The zero-order valence-corrected chi connectivity index (χ0v) is 21.5. The Bertz CT molecular complexity index is 826. The Morgan fingerprint density at radius 1 is 1.06 bits per heavy atom. The van der Waals surface area contributed by atoms with Gasteiger partial charge in [-0.25, -0.2) is 4.79 Å². The third-order valence-electron chi connectivity index (χ3n) is 5.75. The Balaban J connectivity index is 1.67. The number of alkyl carbamates (subject to hydrolysis) is 1. The summed E-state index contributed by atoms with van der Waals surface area (Å²) in [6.45, 7) is 13.5. The summed E-state index contributed by atoms with van der Waals surface area (Å²) in [6.07, 6.45) is 0.806. The zero-order chi connectivity index (χ0) is 25.3. The minimum atomic E-state index is -0.584. The fourth-order valence-corrected chi connectivity index (χ4v) is 3.83. The average molecular weight is 476 g/mol. The van der Waals surface area contributed by atoms with Crippen LogP contribution in [0, 0.1) is 5.92 Å². The molecular weight excluding hydrogens is 434 g/mol. The maximum absolute atomic E-state index is 12.6. The van der Waals surface area contributed by atoms with Crippen LogP contribution in [0.15, 0.2) is 24.3 Å². The van der Waals surface area contributed by atoms with E-state index in [1.165, 1.54) is 0 Å². The van der Waals surface area contributed by atoms with Crippen LogP contribution in [0.2, 0.25) is 0 Å². The van der Waals surface area contributed by atoms with Crippen molar-refractivity contribution in [1.82, 2.24) is 15.5 Å². The number of carbonyl (C=O) groups is 3. The molecular formula is C26H41N3O5. The monoisotopic (exact) mass is 475 g/mol. The Kier molecular flexibility index (Phi) is 10.2. The summed E-state index contributed by atoms with van der Waals surface area (Å²) >= 11 is 0. The number of para-hydroxylation sites is 1. The molecule has 0 aliphatic carbocycles. The molecule has 0 radical (unpaired) electrons. The first kappa shape index (κ1) is 27.5. The fourth-order valence-electron chi connectivity index (χ4n) is 3.83. The zero-order valence-electron chi connectivity index (χ0n) is 21.5. The van der Waals surface area contributed by atoms with E-state index in [-0.39, 0.29) is 24.8 Å². The molecule has 190 valence electrons. The number of likely N-dealkylation sites (tertiary alicyclic amines) is 1. The Hall–Kier alpha value is -2.77. The van der Waals surface area contributed by atoms with Gasteiger partial charge in [0.15, 0.2) is 6.10 Å². The van der Waals surface area contributed by atoms with Gasteiger partial charge in [-0.15, -0.1) is 0 Å². The highest BCUT2D eigenvalue weighted by molar-refractivity contribution is 5.80. The van der Waals surface area contributed by atoms with Gasteiger partial charge < -0.3 is 25.0 Å². The number of piperidine rings is 1. The summed E-state index contributed by atoms with van der Waals surface area (Å²) in [6, 6.07) is 7.80. The van der Waals surface area contributed by atoms with E-state index in [2.05, 4.69) is 24.5 Å².